The number of nitrogens with zero attached hydrogens (tertiary/aromatic N) is 5. The van der Waals surface area contributed by atoms with Gasteiger partial charge in [-0.1, -0.05) is 6.92 Å². The molecule has 6 rings (SSSR count). The van der Waals surface area contributed by atoms with E-state index < -0.39 is 6.17 Å². The zero-order valence-electron chi connectivity index (χ0n) is 22.2. The van der Waals surface area contributed by atoms with Crippen LogP contribution in [0.4, 0.5) is 21.2 Å². The molecule has 13 heteroatoms. The van der Waals surface area contributed by atoms with Crippen molar-refractivity contribution in [3.63, 3.8) is 0 Å². The molecule has 2 amide bonds. The molecule has 0 saturated heterocycles. The largest absolute Gasteiger partial charge is 0.480 e. The van der Waals surface area contributed by atoms with Crippen LogP contribution in [-0.4, -0.2) is 56.2 Å². The molecule has 0 spiro atoms. The first-order valence-corrected chi connectivity index (χ1v) is 14.2. The Labute approximate surface area is 229 Å². The number of thiophene rings is 1. The van der Waals surface area contributed by atoms with Crippen molar-refractivity contribution >= 4 is 39.9 Å². The molecular weight excluding hydrogens is 523 g/mol. The third-order valence-corrected chi connectivity index (χ3v) is 9.35. The zero-order chi connectivity index (χ0) is 27.3. The molecule has 3 aliphatic carbocycles. The first-order valence-electron chi connectivity index (χ1n) is 13.4. The molecule has 11 nitrogen and oxygen atoms in total. The van der Waals surface area contributed by atoms with Gasteiger partial charge in [-0.25, -0.2) is 9.07 Å². The van der Waals surface area contributed by atoms with E-state index in [0.717, 1.165) is 29.7 Å². The second kappa shape index (κ2) is 10.2. The standard InChI is InChI=1S/C26H33FN8O3S/c1-13-6-17(13)23(36)31-25-22(24(37)28-11-14-7-15(27)8-14)18-9-16(4-5-19(18)39-25)35-12-29-32-26(35)30-20-10-21(38-3)33-34(20)2/h10,12-17H,4-9,11H2,1-3H3,(H,28,37)(H,30,32)(H,31,36)/t13-,14?,15?,16?,17-/m0/s1. The smallest absolute Gasteiger partial charge is 0.254 e. The second-order valence-electron chi connectivity index (χ2n) is 10.9. The fourth-order valence-corrected chi connectivity index (χ4v) is 6.79. The van der Waals surface area contributed by atoms with E-state index in [2.05, 4.69) is 38.2 Å². The molecule has 3 N–H and O–H groups in total. The highest BCUT2D eigenvalue weighted by molar-refractivity contribution is 7.17. The van der Waals surface area contributed by atoms with Gasteiger partial charge in [-0.05, 0) is 55.9 Å². The first kappa shape index (κ1) is 25.8. The normalized spacial score (nSPS) is 25.4. The number of aryl methyl sites for hydroxylation is 2. The highest BCUT2D eigenvalue weighted by atomic mass is 32.1. The van der Waals surface area contributed by atoms with Crippen LogP contribution in [-0.2, 0) is 24.7 Å². The van der Waals surface area contributed by atoms with Crippen LogP contribution >= 0.6 is 11.3 Å². The number of methoxy groups -OCH3 is 1. The van der Waals surface area contributed by atoms with E-state index in [1.54, 1.807) is 24.2 Å². The number of ether oxygens (including phenoxy) is 1. The van der Waals surface area contributed by atoms with Crippen molar-refractivity contribution in [1.29, 1.82) is 0 Å². The van der Waals surface area contributed by atoms with Gasteiger partial charge in [0.15, 0.2) is 0 Å². The second-order valence-corrected chi connectivity index (χ2v) is 12.0. The Balaban J connectivity index is 1.24. The van der Waals surface area contributed by atoms with Gasteiger partial charge in [0.05, 0.1) is 12.7 Å². The SMILES string of the molecule is COc1cc(Nc2nncn2C2CCc3sc(NC(=O)[C@H]4C[C@@H]4C)c(C(=O)NCC4CC(F)C4)c3C2)n(C)n1. The average molecular weight is 557 g/mol. The number of amides is 2. The summed E-state index contributed by atoms with van der Waals surface area (Å²) in [4.78, 5) is 27.5. The third-order valence-electron chi connectivity index (χ3n) is 8.15. The number of carbonyl (C=O) groups excluding carboxylic acids is 2. The van der Waals surface area contributed by atoms with Crippen molar-refractivity contribution in [3.05, 3.63) is 28.4 Å². The van der Waals surface area contributed by atoms with Crippen LogP contribution in [0.5, 0.6) is 5.88 Å². The van der Waals surface area contributed by atoms with Gasteiger partial charge in [-0.15, -0.1) is 26.6 Å². The van der Waals surface area contributed by atoms with Crippen LogP contribution in [0.1, 0.15) is 59.4 Å². The number of aromatic nitrogens is 5. The minimum Gasteiger partial charge on any atom is -0.480 e. The molecule has 0 radical (unpaired) electrons. The molecule has 2 fully saturated rings. The summed E-state index contributed by atoms with van der Waals surface area (Å²) < 4.78 is 22.2. The Morgan fingerprint density at radius 2 is 2.08 bits per heavy atom. The van der Waals surface area contributed by atoms with E-state index in [1.165, 1.54) is 11.3 Å². The van der Waals surface area contributed by atoms with Crippen LogP contribution in [0.3, 0.4) is 0 Å². The lowest BCUT2D eigenvalue weighted by Gasteiger charge is -2.29. The third kappa shape index (κ3) is 5.11. The predicted molar refractivity (Wildman–Crippen MR) is 144 cm³/mol. The van der Waals surface area contributed by atoms with E-state index in [1.807, 2.05) is 11.6 Å². The lowest BCUT2D eigenvalue weighted by molar-refractivity contribution is -0.117. The van der Waals surface area contributed by atoms with E-state index in [-0.39, 0.29) is 29.7 Å². The topological polar surface area (TPSA) is 128 Å². The number of rotatable bonds is 9. The summed E-state index contributed by atoms with van der Waals surface area (Å²) in [5.74, 6) is 2.06. The molecule has 3 atom stereocenters. The molecule has 2 saturated carbocycles. The van der Waals surface area contributed by atoms with Crippen molar-refractivity contribution in [2.75, 3.05) is 24.3 Å². The Morgan fingerprint density at radius 1 is 1.28 bits per heavy atom. The lowest BCUT2D eigenvalue weighted by atomic mass is 9.83. The molecule has 208 valence electrons. The first-order chi connectivity index (χ1) is 18.8. The van der Waals surface area contributed by atoms with E-state index in [0.29, 0.717) is 59.9 Å². The fraction of sp³-hybridized carbons (Fsp3) is 0.577. The minimum absolute atomic E-state index is 0.000495. The number of carbonyl (C=O) groups is 2. The lowest BCUT2D eigenvalue weighted by Crippen LogP contribution is -2.37. The van der Waals surface area contributed by atoms with Crippen LogP contribution in [0.2, 0.25) is 0 Å². The highest BCUT2D eigenvalue weighted by Crippen LogP contribution is 2.44. The average Bonchev–Trinajstić information content (AvgIpc) is 3.20. The zero-order valence-corrected chi connectivity index (χ0v) is 23.1. The fourth-order valence-electron chi connectivity index (χ4n) is 5.54. The van der Waals surface area contributed by atoms with Crippen molar-refractivity contribution in [3.8, 4) is 5.88 Å². The van der Waals surface area contributed by atoms with Gasteiger partial charge in [0, 0.05) is 36.5 Å². The van der Waals surface area contributed by atoms with E-state index in [4.69, 9.17) is 4.74 Å². The summed E-state index contributed by atoms with van der Waals surface area (Å²) in [7, 11) is 3.37. The van der Waals surface area contributed by atoms with Crippen LogP contribution in [0.15, 0.2) is 12.4 Å². The van der Waals surface area contributed by atoms with Crippen molar-refractivity contribution in [1.82, 2.24) is 29.9 Å². The maximum atomic E-state index is 13.5. The van der Waals surface area contributed by atoms with Gasteiger partial charge in [-0.3, -0.25) is 14.2 Å². The van der Waals surface area contributed by atoms with Gasteiger partial charge >= 0.3 is 0 Å². The molecule has 0 bridgehead atoms. The van der Waals surface area contributed by atoms with Crippen LogP contribution < -0.4 is 20.7 Å². The van der Waals surface area contributed by atoms with Crippen molar-refractivity contribution in [2.24, 2.45) is 24.8 Å². The summed E-state index contributed by atoms with van der Waals surface area (Å²) in [6, 6.07) is 1.79. The number of alkyl halides is 1. The summed E-state index contributed by atoms with van der Waals surface area (Å²) in [6.45, 7) is 2.50. The number of hydrogen-bond donors (Lipinski definition) is 3. The molecule has 3 heterocycles. The molecule has 3 aliphatic rings. The molecule has 1 unspecified atom stereocenters. The van der Waals surface area contributed by atoms with Crippen molar-refractivity contribution < 1.29 is 18.7 Å². The quantitative estimate of drug-likeness (QED) is 0.367. The molecule has 39 heavy (non-hydrogen) atoms. The van der Waals surface area contributed by atoms with Crippen LogP contribution in [0, 0.1) is 17.8 Å². The number of anilines is 3. The van der Waals surface area contributed by atoms with Gasteiger partial charge < -0.3 is 20.7 Å². The Hall–Kier alpha value is -3.48. The summed E-state index contributed by atoms with van der Waals surface area (Å²) in [6.07, 6.45) is 4.97. The number of halogens is 1. The van der Waals surface area contributed by atoms with E-state index in [9.17, 15) is 14.0 Å². The van der Waals surface area contributed by atoms with Crippen LogP contribution in [0.25, 0.3) is 0 Å². The Bertz CT molecular complexity index is 1390. The molecule has 3 aromatic heterocycles. The van der Waals surface area contributed by atoms with Gasteiger partial charge in [0.2, 0.25) is 17.7 Å². The minimum atomic E-state index is -0.768. The molecular formula is C26H33FN8O3S. The van der Waals surface area contributed by atoms with Gasteiger partial charge in [0.1, 0.15) is 23.3 Å². The molecule has 0 aromatic carbocycles. The van der Waals surface area contributed by atoms with Gasteiger partial charge in [0.25, 0.3) is 5.91 Å². The van der Waals surface area contributed by atoms with E-state index >= 15 is 0 Å². The molecule has 3 aromatic rings. The number of nitrogens with one attached hydrogen (secondary N) is 3. The summed E-state index contributed by atoms with van der Waals surface area (Å²) in [5.41, 5.74) is 1.49. The Kier molecular flexibility index (Phi) is 6.77. The summed E-state index contributed by atoms with van der Waals surface area (Å²) in [5, 5.41) is 22.7. The maximum Gasteiger partial charge on any atom is 0.254 e. The summed E-state index contributed by atoms with van der Waals surface area (Å²) >= 11 is 1.50. The highest BCUT2D eigenvalue weighted by Gasteiger charge is 2.40. The Morgan fingerprint density at radius 3 is 2.77 bits per heavy atom. The van der Waals surface area contributed by atoms with Crippen molar-refractivity contribution in [2.45, 2.75) is 57.7 Å². The number of fused-ring (bicyclic) bond motifs is 1. The number of hydrogen-bond acceptors (Lipinski definition) is 8. The monoisotopic (exact) mass is 556 g/mol. The predicted octanol–water partition coefficient (Wildman–Crippen LogP) is 3.63. The maximum absolute atomic E-state index is 13.5. The molecule has 0 aliphatic heterocycles. The van der Waals surface area contributed by atoms with Gasteiger partial charge in [-0.2, -0.15) is 0 Å².